The number of aryl methyl sites for hydroxylation is 1. The molecular formula is C23H27N. The van der Waals surface area contributed by atoms with Crippen molar-refractivity contribution in [1.29, 1.82) is 0 Å². The summed E-state index contributed by atoms with van der Waals surface area (Å²) in [7, 11) is 0. The molecule has 1 aliphatic rings. The SMILES string of the molecule is C=C(C1=C(c2ccccc2C)C=C1)C(/C=N\C(=C)C(C)(C)C)=C/C. The third kappa shape index (κ3) is 3.73. The minimum atomic E-state index is -0.0291. The van der Waals surface area contributed by atoms with Gasteiger partial charge in [-0.1, -0.05) is 76.4 Å². The van der Waals surface area contributed by atoms with Crippen molar-refractivity contribution in [2.75, 3.05) is 0 Å². The zero-order valence-electron chi connectivity index (χ0n) is 15.5. The van der Waals surface area contributed by atoms with Crippen LogP contribution in [0, 0.1) is 12.3 Å². The molecule has 2 rings (SSSR count). The van der Waals surface area contributed by atoms with E-state index < -0.39 is 0 Å². The molecule has 0 N–H and O–H groups in total. The number of benzene rings is 1. The Morgan fingerprint density at radius 3 is 2.25 bits per heavy atom. The highest BCUT2D eigenvalue weighted by Crippen LogP contribution is 2.36. The lowest BCUT2D eigenvalue weighted by atomic mass is 9.83. The molecule has 1 heteroatoms. The lowest BCUT2D eigenvalue weighted by molar-refractivity contribution is 0.501. The molecule has 0 saturated heterocycles. The van der Waals surface area contributed by atoms with Crippen LogP contribution in [0.1, 0.15) is 38.8 Å². The van der Waals surface area contributed by atoms with E-state index in [0.717, 1.165) is 16.8 Å². The number of hydrogen-bond acceptors (Lipinski definition) is 1. The van der Waals surface area contributed by atoms with Gasteiger partial charge in [0.2, 0.25) is 0 Å². The highest BCUT2D eigenvalue weighted by Gasteiger charge is 2.18. The summed E-state index contributed by atoms with van der Waals surface area (Å²) in [6.07, 6.45) is 8.21. The normalized spacial score (nSPS) is 15.0. The van der Waals surface area contributed by atoms with Crippen LogP contribution >= 0.6 is 0 Å². The molecule has 1 aromatic carbocycles. The summed E-state index contributed by atoms with van der Waals surface area (Å²) in [5, 5.41) is 0. The van der Waals surface area contributed by atoms with E-state index >= 15 is 0 Å². The van der Waals surface area contributed by atoms with Gasteiger partial charge in [0.05, 0.1) is 0 Å². The highest BCUT2D eigenvalue weighted by molar-refractivity contribution is 5.96. The third-order valence-corrected chi connectivity index (χ3v) is 4.35. The molecule has 124 valence electrons. The largest absolute Gasteiger partial charge is 0.261 e. The van der Waals surface area contributed by atoms with Crippen molar-refractivity contribution < 1.29 is 0 Å². The van der Waals surface area contributed by atoms with Crippen LogP contribution in [0.25, 0.3) is 5.57 Å². The first-order chi connectivity index (χ1) is 11.3. The maximum atomic E-state index is 4.55. The van der Waals surface area contributed by atoms with Crippen LogP contribution in [0.5, 0.6) is 0 Å². The number of allylic oxidation sites excluding steroid dienone is 8. The fourth-order valence-corrected chi connectivity index (χ4v) is 2.45. The van der Waals surface area contributed by atoms with Gasteiger partial charge < -0.3 is 0 Å². The van der Waals surface area contributed by atoms with Gasteiger partial charge in [-0.05, 0) is 47.3 Å². The Bertz CT molecular complexity index is 790. The van der Waals surface area contributed by atoms with E-state index in [4.69, 9.17) is 0 Å². The topological polar surface area (TPSA) is 12.4 Å². The molecule has 0 atom stereocenters. The molecule has 0 unspecified atom stereocenters. The third-order valence-electron chi connectivity index (χ3n) is 4.35. The van der Waals surface area contributed by atoms with Crippen molar-refractivity contribution in [1.82, 2.24) is 0 Å². The Balaban J connectivity index is 2.27. The summed E-state index contributed by atoms with van der Waals surface area (Å²) in [5.41, 5.74) is 7.85. The number of nitrogens with zero attached hydrogens (tertiary/aromatic N) is 1. The van der Waals surface area contributed by atoms with Crippen molar-refractivity contribution in [3.05, 3.63) is 89.2 Å². The molecule has 0 saturated carbocycles. The van der Waals surface area contributed by atoms with Gasteiger partial charge in [0, 0.05) is 17.3 Å². The van der Waals surface area contributed by atoms with E-state index in [2.05, 4.69) is 88.3 Å². The average Bonchev–Trinajstić information content (AvgIpc) is 2.47. The maximum Gasteiger partial charge on any atom is 0.0385 e. The monoisotopic (exact) mass is 317 g/mol. The summed E-state index contributed by atoms with van der Waals surface area (Å²) < 4.78 is 0. The second kappa shape index (κ2) is 7.00. The molecule has 0 radical (unpaired) electrons. The zero-order valence-corrected chi connectivity index (χ0v) is 15.5. The highest BCUT2D eigenvalue weighted by atomic mass is 14.7. The Morgan fingerprint density at radius 2 is 1.75 bits per heavy atom. The number of aliphatic imine (C=N–C) groups is 1. The van der Waals surface area contributed by atoms with Gasteiger partial charge in [0.15, 0.2) is 0 Å². The molecule has 0 bridgehead atoms. The zero-order chi connectivity index (χ0) is 17.9. The van der Waals surface area contributed by atoms with Crippen LogP contribution in [-0.4, -0.2) is 6.21 Å². The fraction of sp³-hybridized carbons (Fsp3) is 0.261. The van der Waals surface area contributed by atoms with Crippen LogP contribution in [0.15, 0.2) is 83.1 Å². The van der Waals surface area contributed by atoms with Gasteiger partial charge in [0.1, 0.15) is 0 Å². The fourth-order valence-electron chi connectivity index (χ4n) is 2.45. The summed E-state index contributed by atoms with van der Waals surface area (Å²) >= 11 is 0. The van der Waals surface area contributed by atoms with Crippen LogP contribution in [0.2, 0.25) is 0 Å². The predicted molar refractivity (Wildman–Crippen MR) is 107 cm³/mol. The molecule has 0 aliphatic heterocycles. The molecule has 0 amide bonds. The van der Waals surface area contributed by atoms with Gasteiger partial charge in [0.25, 0.3) is 0 Å². The molecule has 0 fully saturated rings. The molecule has 0 aromatic heterocycles. The first kappa shape index (κ1) is 17.9. The van der Waals surface area contributed by atoms with Gasteiger partial charge in [-0.15, -0.1) is 0 Å². The first-order valence-corrected chi connectivity index (χ1v) is 8.33. The molecular weight excluding hydrogens is 290 g/mol. The second-order valence-electron chi connectivity index (χ2n) is 7.15. The Kier molecular flexibility index (Phi) is 5.23. The van der Waals surface area contributed by atoms with Crippen molar-refractivity contribution in [3.8, 4) is 0 Å². The molecule has 0 heterocycles. The average molecular weight is 317 g/mol. The van der Waals surface area contributed by atoms with E-state index in [-0.39, 0.29) is 5.41 Å². The minimum absolute atomic E-state index is 0.0291. The lowest BCUT2D eigenvalue weighted by Crippen LogP contribution is -2.07. The van der Waals surface area contributed by atoms with Gasteiger partial charge in [-0.25, -0.2) is 0 Å². The Hall–Kier alpha value is -2.41. The Labute approximate surface area is 146 Å². The van der Waals surface area contributed by atoms with Gasteiger partial charge in [-0.3, -0.25) is 4.99 Å². The molecule has 1 nitrogen and oxygen atoms in total. The molecule has 0 spiro atoms. The smallest absolute Gasteiger partial charge is 0.0385 e. The quantitative estimate of drug-likeness (QED) is 0.437. The summed E-state index contributed by atoms with van der Waals surface area (Å²) in [6, 6.07) is 8.44. The van der Waals surface area contributed by atoms with E-state index in [1.807, 2.05) is 13.1 Å². The predicted octanol–water partition coefficient (Wildman–Crippen LogP) is 6.45. The van der Waals surface area contributed by atoms with Crippen molar-refractivity contribution in [2.24, 2.45) is 10.4 Å². The summed E-state index contributed by atoms with van der Waals surface area (Å²) in [4.78, 5) is 4.55. The summed E-state index contributed by atoms with van der Waals surface area (Å²) in [6.45, 7) is 18.9. The van der Waals surface area contributed by atoms with E-state index in [9.17, 15) is 0 Å². The van der Waals surface area contributed by atoms with E-state index in [1.54, 1.807) is 0 Å². The molecule has 1 aliphatic carbocycles. The van der Waals surface area contributed by atoms with Crippen molar-refractivity contribution in [2.45, 2.75) is 34.6 Å². The van der Waals surface area contributed by atoms with Crippen LogP contribution in [-0.2, 0) is 0 Å². The van der Waals surface area contributed by atoms with E-state index in [1.165, 1.54) is 22.3 Å². The number of hydrogen-bond donors (Lipinski definition) is 0. The first-order valence-electron chi connectivity index (χ1n) is 8.33. The van der Waals surface area contributed by atoms with Gasteiger partial charge >= 0.3 is 0 Å². The lowest BCUT2D eigenvalue weighted by Gasteiger charge is -2.21. The van der Waals surface area contributed by atoms with Gasteiger partial charge in [-0.2, -0.15) is 0 Å². The standard InChI is InChI=1S/C23H27N/c1-8-19(15-24-18(4)23(5,6)7)17(3)21-13-14-22(21)20-12-10-9-11-16(20)2/h8-15H,3-4H2,1-2,5-7H3/b19-8+,24-15-. The second-order valence-corrected chi connectivity index (χ2v) is 7.15. The minimum Gasteiger partial charge on any atom is -0.261 e. The Morgan fingerprint density at radius 1 is 1.08 bits per heavy atom. The van der Waals surface area contributed by atoms with Crippen molar-refractivity contribution >= 4 is 11.8 Å². The maximum absolute atomic E-state index is 4.55. The van der Waals surface area contributed by atoms with Crippen LogP contribution in [0.3, 0.4) is 0 Å². The van der Waals surface area contributed by atoms with Crippen molar-refractivity contribution in [3.63, 3.8) is 0 Å². The molecule has 1 aromatic rings. The summed E-state index contributed by atoms with van der Waals surface area (Å²) in [5.74, 6) is 0. The van der Waals surface area contributed by atoms with Crippen LogP contribution < -0.4 is 0 Å². The number of rotatable bonds is 5. The van der Waals surface area contributed by atoms with Crippen LogP contribution in [0.4, 0.5) is 0 Å². The molecule has 24 heavy (non-hydrogen) atoms. The van der Waals surface area contributed by atoms with E-state index in [0.29, 0.717) is 0 Å².